The molecule has 0 spiro atoms. The molecule has 1 atom stereocenters. The highest BCUT2D eigenvalue weighted by Crippen LogP contribution is 2.60. The number of hydrogen-bond acceptors (Lipinski definition) is 5. The summed E-state index contributed by atoms with van der Waals surface area (Å²) in [4.78, 5) is 0. The first-order valence-corrected chi connectivity index (χ1v) is 10.2. The van der Waals surface area contributed by atoms with E-state index in [0.717, 1.165) is 27.0 Å². The van der Waals surface area contributed by atoms with Gasteiger partial charge in [-0.15, -0.1) is 0 Å². The minimum atomic E-state index is -3.20. The zero-order valence-corrected chi connectivity index (χ0v) is 17.3. The number of methoxy groups -OCH3 is 1. The summed E-state index contributed by atoms with van der Waals surface area (Å²) in [5, 5.41) is 3.39. The number of ether oxygens (including phenoxy) is 1. The number of nitrogens with one attached hydrogen (secondary N) is 1. The summed E-state index contributed by atoms with van der Waals surface area (Å²) in [6, 6.07) is 13.7. The topological polar surface area (TPSA) is 56.8 Å². The second-order valence-electron chi connectivity index (χ2n) is 5.49. The molecule has 1 unspecified atom stereocenters. The molecule has 5 nitrogen and oxygen atoms in total. The molecule has 0 saturated heterocycles. The molecule has 0 aliphatic rings. The molecule has 0 bridgehead atoms. The predicted octanol–water partition coefficient (Wildman–Crippen LogP) is 5.62. The van der Waals surface area contributed by atoms with Gasteiger partial charge < -0.3 is 19.1 Å². The van der Waals surface area contributed by atoms with E-state index in [0.29, 0.717) is 6.54 Å². The molecule has 2 rings (SSSR count). The van der Waals surface area contributed by atoms with Crippen LogP contribution in [0.5, 0.6) is 5.75 Å². The van der Waals surface area contributed by atoms with Crippen molar-refractivity contribution in [1.29, 1.82) is 0 Å². The van der Waals surface area contributed by atoms with E-state index >= 15 is 0 Å². The molecule has 2 aromatic rings. The summed E-state index contributed by atoms with van der Waals surface area (Å²) < 4.78 is 28.9. The van der Waals surface area contributed by atoms with E-state index in [-0.39, 0.29) is 5.66 Å². The summed E-state index contributed by atoms with van der Waals surface area (Å²) in [5.41, 5.74) is 2.52. The van der Waals surface area contributed by atoms with Crippen molar-refractivity contribution in [2.75, 3.05) is 26.6 Å². The molecule has 2 aromatic carbocycles. The SMILES string of the molecule is COc1ccc(CNc2cccc(C(C)P(=O)(OC)OC)c2Br)cc1. The summed E-state index contributed by atoms with van der Waals surface area (Å²) in [6.45, 7) is 2.49. The third-order valence-electron chi connectivity index (χ3n) is 4.10. The van der Waals surface area contributed by atoms with E-state index < -0.39 is 7.60 Å². The van der Waals surface area contributed by atoms with Crippen molar-refractivity contribution in [2.45, 2.75) is 19.1 Å². The van der Waals surface area contributed by atoms with Crippen molar-refractivity contribution in [3.63, 3.8) is 0 Å². The smallest absolute Gasteiger partial charge is 0.337 e. The van der Waals surface area contributed by atoms with Gasteiger partial charge in [0.25, 0.3) is 0 Å². The number of anilines is 1. The van der Waals surface area contributed by atoms with Gasteiger partial charge >= 0.3 is 7.60 Å². The van der Waals surface area contributed by atoms with Crippen molar-refractivity contribution in [1.82, 2.24) is 0 Å². The highest BCUT2D eigenvalue weighted by atomic mass is 79.9. The van der Waals surface area contributed by atoms with Crippen LogP contribution in [0.2, 0.25) is 0 Å². The van der Waals surface area contributed by atoms with Gasteiger partial charge in [-0.3, -0.25) is 4.57 Å². The molecular weight excluding hydrogens is 405 g/mol. The van der Waals surface area contributed by atoms with E-state index in [1.54, 1.807) is 7.11 Å². The normalized spacial score (nSPS) is 12.7. The Kier molecular flexibility index (Phi) is 7.08. The molecular formula is C18H23BrNO4P. The van der Waals surface area contributed by atoms with Crippen LogP contribution >= 0.6 is 23.5 Å². The zero-order chi connectivity index (χ0) is 18.4. The third kappa shape index (κ3) is 4.64. The van der Waals surface area contributed by atoms with E-state index in [2.05, 4.69) is 21.2 Å². The van der Waals surface area contributed by atoms with Gasteiger partial charge in [0, 0.05) is 30.9 Å². The van der Waals surface area contributed by atoms with Crippen LogP contribution in [0.1, 0.15) is 23.7 Å². The minimum Gasteiger partial charge on any atom is -0.497 e. The van der Waals surface area contributed by atoms with Crippen molar-refractivity contribution in [2.24, 2.45) is 0 Å². The van der Waals surface area contributed by atoms with Crippen molar-refractivity contribution in [3.05, 3.63) is 58.1 Å². The molecule has 0 amide bonds. The maximum Gasteiger partial charge on any atom is 0.337 e. The maximum absolute atomic E-state index is 12.7. The molecule has 0 aliphatic carbocycles. The quantitative estimate of drug-likeness (QED) is 0.554. The Morgan fingerprint density at radius 2 is 1.72 bits per heavy atom. The number of rotatable bonds is 8. The van der Waals surface area contributed by atoms with Gasteiger partial charge in [0.2, 0.25) is 0 Å². The fourth-order valence-electron chi connectivity index (χ4n) is 2.51. The first-order valence-electron chi connectivity index (χ1n) is 7.81. The maximum atomic E-state index is 12.7. The van der Waals surface area contributed by atoms with Gasteiger partial charge in [-0.1, -0.05) is 24.3 Å². The molecule has 25 heavy (non-hydrogen) atoms. The summed E-state index contributed by atoms with van der Waals surface area (Å²) in [5.74, 6) is 0.829. The van der Waals surface area contributed by atoms with Crippen LogP contribution in [0, 0.1) is 0 Å². The predicted molar refractivity (Wildman–Crippen MR) is 105 cm³/mol. The van der Waals surface area contributed by atoms with E-state index in [4.69, 9.17) is 13.8 Å². The minimum absolute atomic E-state index is 0.389. The Labute approximate surface area is 157 Å². The lowest BCUT2D eigenvalue weighted by Gasteiger charge is -2.23. The summed E-state index contributed by atoms with van der Waals surface area (Å²) in [6.07, 6.45) is 0. The molecule has 1 N–H and O–H groups in total. The molecule has 0 fully saturated rings. The molecule has 0 aliphatic heterocycles. The second kappa shape index (κ2) is 8.86. The highest BCUT2D eigenvalue weighted by molar-refractivity contribution is 9.10. The van der Waals surface area contributed by atoms with Gasteiger partial charge in [0.15, 0.2) is 0 Å². The molecule has 0 aromatic heterocycles. The fourth-order valence-corrected chi connectivity index (χ4v) is 4.77. The Morgan fingerprint density at radius 3 is 2.28 bits per heavy atom. The summed E-state index contributed by atoms with van der Waals surface area (Å²) >= 11 is 3.61. The first-order chi connectivity index (χ1) is 11.9. The molecule has 0 saturated carbocycles. The van der Waals surface area contributed by atoms with Gasteiger partial charge in [-0.2, -0.15) is 0 Å². The Bertz CT molecular complexity index is 743. The number of halogens is 1. The third-order valence-corrected chi connectivity index (χ3v) is 7.23. The van der Waals surface area contributed by atoms with Crippen LogP contribution < -0.4 is 10.1 Å². The van der Waals surface area contributed by atoms with Crippen LogP contribution in [0.3, 0.4) is 0 Å². The lowest BCUT2D eigenvalue weighted by atomic mass is 10.1. The lowest BCUT2D eigenvalue weighted by Crippen LogP contribution is -2.04. The van der Waals surface area contributed by atoms with Crippen LogP contribution in [0.4, 0.5) is 5.69 Å². The summed E-state index contributed by atoms with van der Waals surface area (Å²) in [7, 11) is 1.26. The first kappa shape index (κ1) is 20.0. The number of benzene rings is 2. The van der Waals surface area contributed by atoms with Crippen LogP contribution in [-0.2, 0) is 20.2 Å². The van der Waals surface area contributed by atoms with Crippen LogP contribution in [0.15, 0.2) is 46.9 Å². The van der Waals surface area contributed by atoms with Gasteiger partial charge in [0.05, 0.1) is 12.8 Å². The van der Waals surface area contributed by atoms with Crippen molar-refractivity contribution >= 4 is 29.2 Å². The Balaban J connectivity index is 2.18. The van der Waals surface area contributed by atoms with E-state index in [1.165, 1.54) is 14.2 Å². The average Bonchev–Trinajstić information content (AvgIpc) is 2.66. The van der Waals surface area contributed by atoms with Crippen LogP contribution in [0.25, 0.3) is 0 Å². The Morgan fingerprint density at radius 1 is 1.08 bits per heavy atom. The van der Waals surface area contributed by atoms with Crippen molar-refractivity contribution < 1.29 is 18.3 Å². The molecule has 0 radical (unpaired) electrons. The van der Waals surface area contributed by atoms with Gasteiger partial charge in [0.1, 0.15) is 5.75 Å². The average molecular weight is 428 g/mol. The van der Waals surface area contributed by atoms with Crippen LogP contribution in [-0.4, -0.2) is 21.3 Å². The molecule has 7 heteroatoms. The largest absolute Gasteiger partial charge is 0.497 e. The Hall–Kier alpha value is -1.33. The monoisotopic (exact) mass is 427 g/mol. The number of hydrogen-bond donors (Lipinski definition) is 1. The van der Waals surface area contributed by atoms with E-state index in [1.807, 2.05) is 49.4 Å². The lowest BCUT2D eigenvalue weighted by molar-refractivity contribution is 0.267. The molecule has 136 valence electrons. The molecule has 0 heterocycles. The van der Waals surface area contributed by atoms with E-state index in [9.17, 15) is 4.57 Å². The standard InChI is InChI=1S/C18H23BrNO4P/c1-13(25(21,23-3)24-4)16-6-5-7-17(18(16)19)20-12-14-8-10-15(22-2)11-9-14/h5-11,13,20H,12H2,1-4H3. The van der Waals surface area contributed by atoms with Gasteiger partial charge in [-0.05, 0) is 52.2 Å². The fraction of sp³-hybridized carbons (Fsp3) is 0.333. The van der Waals surface area contributed by atoms with Crippen molar-refractivity contribution in [3.8, 4) is 5.75 Å². The zero-order valence-electron chi connectivity index (χ0n) is 14.8. The highest BCUT2D eigenvalue weighted by Gasteiger charge is 2.33. The van der Waals surface area contributed by atoms with Gasteiger partial charge in [-0.25, -0.2) is 0 Å². The second-order valence-corrected chi connectivity index (χ2v) is 8.87.